The van der Waals surface area contributed by atoms with Crippen molar-refractivity contribution < 1.29 is 5.11 Å². The lowest BCUT2D eigenvalue weighted by Crippen LogP contribution is -2.14. The third kappa shape index (κ3) is 10.2. The van der Waals surface area contributed by atoms with E-state index < -0.39 is 0 Å². The quantitative estimate of drug-likeness (QED) is 0.218. The van der Waals surface area contributed by atoms with Crippen LogP contribution in [0.3, 0.4) is 0 Å². The number of benzene rings is 1. The van der Waals surface area contributed by atoms with E-state index in [-0.39, 0.29) is 4.75 Å². The average molecular weight is 407 g/mol. The molecule has 0 saturated carbocycles. The Labute approximate surface area is 180 Å². The second-order valence-corrected chi connectivity index (χ2v) is 10.8. The molecule has 0 aliphatic rings. The molecule has 1 N–H and O–H groups in total. The van der Waals surface area contributed by atoms with Crippen LogP contribution in [0.1, 0.15) is 123 Å². The van der Waals surface area contributed by atoms with E-state index in [1.165, 1.54) is 93.1 Å². The molecule has 0 unspecified atom stereocenters. The van der Waals surface area contributed by atoms with Gasteiger partial charge in [0.15, 0.2) is 0 Å². The molecule has 0 aliphatic carbocycles. The van der Waals surface area contributed by atoms with E-state index in [1.807, 2.05) is 11.8 Å². The summed E-state index contributed by atoms with van der Waals surface area (Å²) in [7, 11) is 0. The highest BCUT2D eigenvalue weighted by atomic mass is 32.2. The Morgan fingerprint density at radius 2 is 1.18 bits per heavy atom. The molecular weight excluding hydrogens is 360 g/mol. The van der Waals surface area contributed by atoms with Gasteiger partial charge in [0.1, 0.15) is 5.75 Å². The molecule has 28 heavy (non-hydrogen) atoms. The van der Waals surface area contributed by atoms with Crippen LogP contribution in [-0.2, 0) is 12.8 Å². The van der Waals surface area contributed by atoms with Gasteiger partial charge in [-0.2, -0.15) is 0 Å². The number of hydrogen-bond acceptors (Lipinski definition) is 2. The smallest absolute Gasteiger partial charge is 0.122 e. The fraction of sp³-hybridized carbons (Fsp3) is 0.769. The maximum absolute atomic E-state index is 10.9. The number of hydrogen-bond donors (Lipinski definition) is 1. The summed E-state index contributed by atoms with van der Waals surface area (Å²) in [5.41, 5.74) is 2.35. The zero-order chi connectivity index (χ0) is 20.8. The molecule has 0 amide bonds. The van der Waals surface area contributed by atoms with E-state index in [4.69, 9.17) is 0 Å². The van der Waals surface area contributed by atoms with Crippen LogP contribution in [0, 0.1) is 0 Å². The van der Waals surface area contributed by atoms with Crippen molar-refractivity contribution in [2.24, 2.45) is 0 Å². The maximum Gasteiger partial charge on any atom is 0.122 e. The molecule has 0 spiro atoms. The number of phenolic OH excluding ortho intramolecular Hbond substituents is 1. The summed E-state index contributed by atoms with van der Waals surface area (Å²) in [5, 5.41) is 10.9. The van der Waals surface area contributed by atoms with E-state index in [0.29, 0.717) is 5.75 Å². The molecule has 1 aromatic carbocycles. The highest BCUT2D eigenvalue weighted by molar-refractivity contribution is 8.00. The minimum absolute atomic E-state index is 0.255. The Hall–Kier alpha value is -0.630. The van der Waals surface area contributed by atoms with Crippen molar-refractivity contribution in [3.05, 3.63) is 23.3 Å². The van der Waals surface area contributed by atoms with Crippen LogP contribution in [0.25, 0.3) is 0 Å². The first-order valence-corrected chi connectivity index (χ1v) is 12.8. The van der Waals surface area contributed by atoms with Gasteiger partial charge in [0, 0.05) is 9.64 Å². The molecule has 2 heteroatoms. The van der Waals surface area contributed by atoms with Crippen molar-refractivity contribution >= 4 is 11.8 Å². The summed E-state index contributed by atoms with van der Waals surface area (Å²) in [5.74, 6) is 0.584. The number of thioether (sulfide) groups is 1. The lowest BCUT2D eigenvalue weighted by molar-refractivity contribution is 0.456. The summed E-state index contributed by atoms with van der Waals surface area (Å²) in [6, 6.07) is 4.56. The molecule has 0 heterocycles. The largest absolute Gasteiger partial charge is 0.507 e. The van der Waals surface area contributed by atoms with Crippen molar-refractivity contribution in [1.29, 1.82) is 0 Å². The van der Waals surface area contributed by atoms with Crippen molar-refractivity contribution in [3.8, 4) is 5.75 Å². The maximum atomic E-state index is 10.9. The van der Waals surface area contributed by atoms with Gasteiger partial charge in [-0.05, 0) is 55.4 Å². The second kappa shape index (κ2) is 14.4. The zero-order valence-corrected chi connectivity index (χ0v) is 20.2. The number of phenols is 1. The summed E-state index contributed by atoms with van der Waals surface area (Å²) in [6.45, 7) is 11.5. The lowest BCUT2D eigenvalue weighted by atomic mass is 9.99. The Balaban J connectivity index is 2.89. The number of aromatic hydroxyl groups is 1. The van der Waals surface area contributed by atoms with Crippen molar-refractivity contribution in [1.82, 2.24) is 0 Å². The van der Waals surface area contributed by atoms with Crippen LogP contribution < -0.4 is 0 Å². The summed E-state index contributed by atoms with van der Waals surface area (Å²) in [6.07, 6.45) is 17.2. The van der Waals surface area contributed by atoms with Gasteiger partial charge >= 0.3 is 0 Å². The van der Waals surface area contributed by atoms with Crippen LogP contribution in [0.2, 0.25) is 0 Å². The minimum atomic E-state index is 0.255. The Bertz CT molecular complexity index is 502. The molecule has 0 atom stereocenters. The number of rotatable bonds is 16. The molecule has 1 aromatic rings. The first-order chi connectivity index (χ1) is 13.4. The van der Waals surface area contributed by atoms with Crippen LogP contribution in [-0.4, -0.2) is 9.85 Å². The average Bonchev–Trinajstić information content (AvgIpc) is 2.65. The van der Waals surface area contributed by atoms with E-state index in [2.05, 4.69) is 46.8 Å². The monoisotopic (exact) mass is 406 g/mol. The first kappa shape index (κ1) is 25.4. The van der Waals surface area contributed by atoms with Gasteiger partial charge in [-0.1, -0.05) is 92.4 Å². The molecule has 0 radical (unpaired) electrons. The molecule has 1 rings (SSSR count). The van der Waals surface area contributed by atoms with Crippen LogP contribution in [0.5, 0.6) is 5.75 Å². The fourth-order valence-corrected chi connectivity index (χ4v) is 5.11. The van der Waals surface area contributed by atoms with Crippen LogP contribution in [0.4, 0.5) is 0 Å². The first-order valence-electron chi connectivity index (χ1n) is 12.0. The number of unbranched alkanes of at least 4 members (excludes halogenated alkanes) is 8. The van der Waals surface area contributed by atoms with Crippen molar-refractivity contribution in [3.63, 3.8) is 0 Å². The number of aryl methyl sites for hydroxylation is 2. The van der Waals surface area contributed by atoms with Gasteiger partial charge in [0.2, 0.25) is 0 Å². The standard InChI is InChI=1S/C26H46OS/c1-6-9-12-14-17-22-20-24(28-26(4,5)19-16-11-8-3)21-23(25(22)27)18-15-13-10-7-2/h20-21,27H,6-19H2,1-5H3. The van der Waals surface area contributed by atoms with Gasteiger partial charge < -0.3 is 5.11 Å². The van der Waals surface area contributed by atoms with Gasteiger partial charge in [-0.25, -0.2) is 0 Å². The van der Waals surface area contributed by atoms with Crippen LogP contribution >= 0.6 is 11.8 Å². The Morgan fingerprint density at radius 3 is 1.64 bits per heavy atom. The molecule has 162 valence electrons. The molecule has 0 aromatic heterocycles. The van der Waals surface area contributed by atoms with Crippen molar-refractivity contribution in [2.75, 3.05) is 0 Å². The predicted octanol–water partition coefficient (Wildman–Crippen LogP) is 9.09. The van der Waals surface area contributed by atoms with E-state index in [0.717, 1.165) is 12.8 Å². The third-order valence-electron chi connectivity index (χ3n) is 5.62. The SMILES string of the molecule is CCCCCCc1cc(SC(C)(C)CCCCC)cc(CCCCCC)c1O. The van der Waals surface area contributed by atoms with Crippen LogP contribution in [0.15, 0.2) is 17.0 Å². The van der Waals surface area contributed by atoms with Gasteiger partial charge in [-0.3, -0.25) is 0 Å². The normalized spacial score (nSPS) is 11.9. The zero-order valence-electron chi connectivity index (χ0n) is 19.4. The summed E-state index contributed by atoms with van der Waals surface area (Å²) >= 11 is 2.01. The lowest BCUT2D eigenvalue weighted by Gasteiger charge is -2.25. The Morgan fingerprint density at radius 1 is 0.714 bits per heavy atom. The molecule has 1 nitrogen and oxygen atoms in total. The van der Waals surface area contributed by atoms with Crippen molar-refractivity contribution in [2.45, 2.75) is 134 Å². The van der Waals surface area contributed by atoms with E-state index in [9.17, 15) is 5.11 Å². The predicted molar refractivity (Wildman–Crippen MR) is 128 cm³/mol. The van der Waals surface area contributed by atoms with Gasteiger partial charge in [0.05, 0.1) is 0 Å². The van der Waals surface area contributed by atoms with E-state index in [1.54, 1.807) is 0 Å². The topological polar surface area (TPSA) is 20.2 Å². The minimum Gasteiger partial charge on any atom is -0.507 e. The summed E-state index contributed by atoms with van der Waals surface area (Å²) in [4.78, 5) is 1.36. The fourth-order valence-electron chi connectivity index (χ4n) is 3.82. The van der Waals surface area contributed by atoms with Gasteiger partial charge in [-0.15, -0.1) is 11.8 Å². The highest BCUT2D eigenvalue weighted by Gasteiger charge is 2.20. The Kier molecular flexibility index (Phi) is 13.0. The molecule has 0 saturated heterocycles. The molecule has 0 fully saturated rings. The summed E-state index contributed by atoms with van der Waals surface area (Å²) < 4.78 is 0.255. The van der Waals surface area contributed by atoms with E-state index >= 15 is 0 Å². The highest BCUT2D eigenvalue weighted by Crippen LogP contribution is 2.40. The molecule has 0 aliphatic heterocycles. The third-order valence-corrected chi connectivity index (χ3v) is 6.85. The molecule has 0 bridgehead atoms. The molecular formula is C26H46OS. The van der Waals surface area contributed by atoms with Gasteiger partial charge in [0.25, 0.3) is 0 Å². The second-order valence-electron chi connectivity index (χ2n) is 9.03.